The van der Waals surface area contributed by atoms with Crippen LogP contribution >= 0.6 is 0 Å². The fraction of sp³-hybridized carbons (Fsp3) is 0.722. The van der Waals surface area contributed by atoms with Crippen molar-refractivity contribution in [3.63, 3.8) is 0 Å². The van der Waals surface area contributed by atoms with Crippen LogP contribution in [0, 0.1) is 0 Å². The summed E-state index contributed by atoms with van der Waals surface area (Å²) in [6.07, 6.45) is -37.2. The molecule has 4 aliphatic heterocycles. The zero-order chi connectivity index (χ0) is 65.9. The van der Waals surface area contributed by atoms with Gasteiger partial charge < -0.3 is 99.5 Å². The number of carbonyl (C=O) groups is 13. The van der Waals surface area contributed by atoms with Gasteiger partial charge in [-0.3, -0.25) is 62.3 Å². The van der Waals surface area contributed by atoms with E-state index in [0.717, 1.165) is 90.0 Å². The Morgan fingerprint density at radius 2 is 0.489 bits per heavy atom. The first-order valence-electron chi connectivity index (χ1n) is 27.2. The molecule has 88 heavy (non-hydrogen) atoms. The Labute approximate surface area is 503 Å². The van der Waals surface area contributed by atoms with Crippen molar-refractivity contribution in [1.29, 1.82) is 0 Å². The molecule has 0 aromatic rings. The van der Waals surface area contributed by atoms with Crippen LogP contribution < -0.4 is 0 Å². The number of rotatable bonds is 27. The van der Waals surface area contributed by atoms with Crippen molar-refractivity contribution in [3.8, 4) is 0 Å². The highest BCUT2D eigenvalue weighted by Gasteiger charge is 2.62. The lowest BCUT2D eigenvalue weighted by Gasteiger charge is -2.51. The van der Waals surface area contributed by atoms with E-state index in [4.69, 9.17) is 99.5 Å². The van der Waals surface area contributed by atoms with Gasteiger partial charge in [-0.1, -0.05) is 6.08 Å². The molecule has 0 unspecified atom stereocenters. The third-order valence-electron chi connectivity index (χ3n) is 12.4. The maximum absolute atomic E-state index is 13.5. The van der Waals surface area contributed by atoms with Crippen LogP contribution in [0.4, 0.5) is 0 Å². The van der Waals surface area contributed by atoms with E-state index >= 15 is 0 Å². The van der Waals surface area contributed by atoms with Gasteiger partial charge in [0.2, 0.25) is 0 Å². The summed E-state index contributed by atoms with van der Waals surface area (Å²) in [5.74, 6) is -13.3. The Hall–Kier alpha value is -7.47. The topological polar surface area (TPSA) is 416 Å². The van der Waals surface area contributed by atoms with Gasteiger partial charge in [0, 0.05) is 90.0 Å². The first kappa shape index (κ1) is 73.0. The number of carbonyl (C=O) groups excluding carboxylic acids is 13. The van der Waals surface area contributed by atoms with Gasteiger partial charge in [0.25, 0.3) is 0 Å². The van der Waals surface area contributed by atoms with Gasteiger partial charge in [0.15, 0.2) is 80.1 Å². The van der Waals surface area contributed by atoms with Crippen LogP contribution in [0.3, 0.4) is 0 Å². The summed E-state index contributed by atoms with van der Waals surface area (Å²) >= 11 is 0. The molecule has 0 spiro atoms. The molecular weight excluding hydrogens is 1190 g/mol. The fourth-order valence-corrected chi connectivity index (χ4v) is 9.44. The lowest BCUT2D eigenvalue weighted by molar-refractivity contribution is -0.390. The van der Waals surface area contributed by atoms with E-state index in [9.17, 15) is 62.3 Å². The average Bonchev–Trinajstić information content (AvgIpc) is 1.56. The molecule has 0 aromatic carbocycles. The molecule has 4 fully saturated rings. The van der Waals surface area contributed by atoms with E-state index < -0.39 is 227 Å². The minimum Gasteiger partial charge on any atom is -0.463 e. The summed E-state index contributed by atoms with van der Waals surface area (Å²) < 4.78 is 123. The maximum atomic E-state index is 13.5. The van der Waals surface area contributed by atoms with Crippen molar-refractivity contribution >= 4 is 77.6 Å². The second-order valence-corrected chi connectivity index (χ2v) is 19.8. The summed E-state index contributed by atoms with van der Waals surface area (Å²) in [6, 6.07) is 0. The first-order chi connectivity index (χ1) is 41.3. The molecular formula is C54H74O34. The molecule has 20 atom stereocenters. The van der Waals surface area contributed by atoms with Gasteiger partial charge in [0.1, 0.15) is 69.2 Å². The van der Waals surface area contributed by atoms with Crippen LogP contribution in [0.2, 0.25) is 0 Å². The first-order valence-corrected chi connectivity index (χ1v) is 27.2. The van der Waals surface area contributed by atoms with E-state index in [2.05, 4.69) is 6.58 Å². The molecule has 4 rings (SSSR count). The molecule has 0 bridgehead atoms. The molecule has 0 radical (unpaired) electrons. The van der Waals surface area contributed by atoms with E-state index in [-0.39, 0.29) is 13.0 Å². The third-order valence-corrected chi connectivity index (χ3v) is 12.4. The van der Waals surface area contributed by atoms with Crippen molar-refractivity contribution in [2.45, 2.75) is 219 Å². The van der Waals surface area contributed by atoms with E-state index in [1.54, 1.807) is 0 Å². The molecule has 0 N–H and O–H groups in total. The third kappa shape index (κ3) is 22.3. The van der Waals surface area contributed by atoms with Crippen LogP contribution in [0.1, 0.15) is 96.4 Å². The number of hydrogen-bond acceptors (Lipinski definition) is 34. The minimum atomic E-state index is -2.30. The second-order valence-electron chi connectivity index (χ2n) is 19.8. The Bertz CT molecular complexity index is 2510. The van der Waals surface area contributed by atoms with Crippen molar-refractivity contribution in [1.82, 2.24) is 0 Å². The fourth-order valence-electron chi connectivity index (χ4n) is 9.44. The van der Waals surface area contributed by atoms with Crippen LogP contribution in [-0.2, 0) is 162 Å². The highest BCUT2D eigenvalue weighted by Crippen LogP contribution is 2.40. The van der Waals surface area contributed by atoms with Crippen molar-refractivity contribution < 1.29 is 162 Å². The molecule has 4 aliphatic rings. The van der Waals surface area contributed by atoms with Crippen LogP contribution in [0.5, 0.6) is 0 Å². The molecule has 34 nitrogen and oxygen atoms in total. The van der Waals surface area contributed by atoms with Gasteiger partial charge in [0.05, 0.1) is 6.61 Å². The number of ether oxygens (including phenoxy) is 21. The standard InChI is InChI=1S/C54H74O34/c1-15-16-17-68-51-47(78-31(11)64)44(40(74-27(7)60)35(82-51)18-69-22(2)55)86-53-49(80-33(13)66)46(42(76-29(9)62)37(84-53)20-71-24(4)57)88-54-50(81-34(14)67)45(41(75-28(8)61)38(85-54)21-72-25(5)58)87-52-48(79-32(12)65)43(77-30(10)63)39(73-26(6)59)36(83-52)19-70-23(3)56/h15,35-54H,1,16-21H2,2-14H3/t35-,36-,37-,38-,39-,40-,41-,42-,43+,44+,45+,46+,47-,48-,49-,50-,51-,52+,53+,54+/m1/s1. The SMILES string of the molecule is C=CCCO[C@@H]1O[C@H](COC(C)=O)[C@@H](OC(C)=O)[C@H](O[C@@H]2O[C@H](COC(C)=O)[C@@H](OC(C)=O)[C@H](O[C@@H]3O[C@H](COC(C)=O)[C@@H](OC(C)=O)[C@H](O[C@@H]4O[C@H](COC(C)=O)[C@@H](OC(C)=O)[C@H](OC(C)=O)[C@H]4OC(C)=O)[C@H]3OC(C)=O)[C@H]2OC(C)=O)[C@H]1OC(C)=O. The summed E-state index contributed by atoms with van der Waals surface area (Å²) in [7, 11) is 0. The van der Waals surface area contributed by atoms with Gasteiger partial charge in [-0.2, -0.15) is 0 Å². The Balaban J connectivity index is 2.09. The molecule has 0 amide bonds. The normalized spacial score (nSPS) is 31.7. The largest absolute Gasteiger partial charge is 0.463 e. The lowest BCUT2D eigenvalue weighted by Crippen LogP contribution is -2.70. The zero-order valence-corrected chi connectivity index (χ0v) is 50.5. The summed E-state index contributed by atoms with van der Waals surface area (Å²) in [6.45, 7) is 12.7. The predicted octanol–water partition coefficient (Wildman–Crippen LogP) is -0.728. The molecule has 0 aromatic heterocycles. The molecule has 0 aliphatic carbocycles. The molecule has 4 heterocycles. The van der Waals surface area contributed by atoms with Gasteiger partial charge in [-0.15, -0.1) is 6.58 Å². The maximum Gasteiger partial charge on any atom is 0.303 e. The molecule has 4 saturated heterocycles. The van der Waals surface area contributed by atoms with Crippen LogP contribution in [-0.4, -0.2) is 233 Å². The molecule has 494 valence electrons. The van der Waals surface area contributed by atoms with Gasteiger partial charge >= 0.3 is 77.6 Å². The minimum absolute atomic E-state index is 0.155. The monoisotopic (exact) mass is 1270 g/mol. The van der Waals surface area contributed by atoms with Crippen LogP contribution in [0.25, 0.3) is 0 Å². The van der Waals surface area contributed by atoms with Crippen LogP contribution in [0.15, 0.2) is 12.7 Å². The second kappa shape index (κ2) is 34.3. The predicted molar refractivity (Wildman–Crippen MR) is 277 cm³/mol. The van der Waals surface area contributed by atoms with Crippen molar-refractivity contribution in [2.24, 2.45) is 0 Å². The highest BCUT2D eigenvalue weighted by molar-refractivity contribution is 5.71. The van der Waals surface area contributed by atoms with Crippen molar-refractivity contribution in [3.05, 3.63) is 12.7 Å². The Kier molecular flexibility index (Phi) is 28.5. The average molecular weight is 1270 g/mol. The quantitative estimate of drug-likeness (QED) is 0.0423. The summed E-state index contributed by atoms with van der Waals surface area (Å²) in [4.78, 5) is 167. The Morgan fingerprint density at radius 1 is 0.284 bits per heavy atom. The number of esters is 13. The molecule has 0 saturated carbocycles. The molecule has 34 heteroatoms. The summed E-state index contributed by atoms with van der Waals surface area (Å²) in [5.41, 5.74) is 0. The number of hydrogen-bond donors (Lipinski definition) is 0. The van der Waals surface area contributed by atoms with Gasteiger partial charge in [-0.25, -0.2) is 0 Å². The van der Waals surface area contributed by atoms with E-state index in [0.29, 0.717) is 0 Å². The summed E-state index contributed by atoms with van der Waals surface area (Å²) in [5, 5.41) is 0. The van der Waals surface area contributed by atoms with E-state index in [1.165, 1.54) is 6.08 Å². The Morgan fingerprint density at radius 3 is 0.727 bits per heavy atom. The van der Waals surface area contributed by atoms with E-state index in [1.807, 2.05) is 0 Å². The highest BCUT2D eigenvalue weighted by atomic mass is 16.8. The van der Waals surface area contributed by atoms with Gasteiger partial charge in [-0.05, 0) is 6.42 Å². The smallest absolute Gasteiger partial charge is 0.303 e. The lowest BCUT2D eigenvalue weighted by atomic mass is 9.94. The van der Waals surface area contributed by atoms with Crippen molar-refractivity contribution in [2.75, 3.05) is 33.0 Å². The zero-order valence-electron chi connectivity index (χ0n) is 50.5.